The lowest BCUT2D eigenvalue weighted by atomic mass is 9.94. The van der Waals surface area contributed by atoms with Crippen LogP contribution in [0, 0.1) is 5.92 Å². The Morgan fingerprint density at radius 3 is 2.79 bits per heavy atom. The van der Waals surface area contributed by atoms with Crippen molar-refractivity contribution in [1.29, 1.82) is 0 Å². The molecule has 3 nitrogen and oxygen atoms in total. The second-order valence-electron chi connectivity index (χ2n) is 5.62. The zero-order valence-corrected chi connectivity index (χ0v) is 11.7. The van der Waals surface area contributed by atoms with Crippen molar-refractivity contribution in [2.75, 3.05) is 19.6 Å². The number of aliphatic hydroxyl groups excluding tert-OH is 1. The van der Waals surface area contributed by atoms with Gasteiger partial charge in [-0.2, -0.15) is 0 Å². The van der Waals surface area contributed by atoms with Crippen LogP contribution in [-0.4, -0.2) is 35.7 Å². The van der Waals surface area contributed by atoms with Crippen LogP contribution in [0.5, 0.6) is 0 Å². The molecule has 3 heteroatoms. The number of hydrogen-bond donors (Lipinski definition) is 2. The first-order valence-corrected chi connectivity index (χ1v) is 7.44. The first-order chi connectivity index (χ1) is 9.29. The summed E-state index contributed by atoms with van der Waals surface area (Å²) >= 11 is 0. The number of aliphatic hydroxyl groups is 1. The summed E-state index contributed by atoms with van der Waals surface area (Å²) in [5.41, 5.74) is 6.95. The Labute approximate surface area is 116 Å². The normalized spacial score (nSPS) is 25.2. The van der Waals surface area contributed by atoms with E-state index < -0.39 is 0 Å². The monoisotopic (exact) mass is 262 g/mol. The molecule has 1 heterocycles. The highest BCUT2D eigenvalue weighted by Crippen LogP contribution is 2.22. The highest BCUT2D eigenvalue weighted by Gasteiger charge is 2.24. The first-order valence-electron chi connectivity index (χ1n) is 7.44. The molecule has 0 amide bonds. The van der Waals surface area contributed by atoms with Crippen LogP contribution in [0.3, 0.4) is 0 Å². The predicted molar refractivity (Wildman–Crippen MR) is 78.7 cm³/mol. The van der Waals surface area contributed by atoms with E-state index in [0.29, 0.717) is 5.92 Å². The molecule has 0 spiro atoms. The average molecular weight is 262 g/mol. The van der Waals surface area contributed by atoms with Crippen molar-refractivity contribution < 1.29 is 5.11 Å². The number of hydrogen-bond acceptors (Lipinski definition) is 3. The second-order valence-corrected chi connectivity index (χ2v) is 5.62. The fourth-order valence-corrected chi connectivity index (χ4v) is 2.95. The summed E-state index contributed by atoms with van der Waals surface area (Å²) in [5, 5.41) is 10.2. The maximum Gasteiger partial charge on any atom is 0.0581 e. The molecule has 0 radical (unpaired) electrons. The van der Waals surface area contributed by atoms with Gasteiger partial charge < -0.3 is 10.8 Å². The van der Waals surface area contributed by atoms with Crippen molar-refractivity contribution in [3.8, 4) is 0 Å². The molecule has 2 unspecified atom stereocenters. The van der Waals surface area contributed by atoms with Gasteiger partial charge in [0.05, 0.1) is 6.10 Å². The minimum absolute atomic E-state index is 0.146. The average Bonchev–Trinajstić information content (AvgIpc) is 2.60. The summed E-state index contributed by atoms with van der Waals surface area (Å²) < 4.78 is 0. The molecular formula is C16H26N2O. The molecule has 3 N–H and O–H groups in total. The lowest BCUT2D eigenvalue weighted by Gasteiger charge is -2.26. The van der Waals surface area contributed by atoms with Gasteiger partial charge in [0.25, 0.3) is 0 Å². The zero-order valence-electron chi connectivity index (χ0n) is 11.7. The van der Waals surface area contributed by atoms with Crippen molar-refractivity contribution in [2.45, 2.75) is 38.3 Å². The largest absolute Gasteiger partial charge is 0.393 e. The van der Waals surface area contributed by atoms with Crippen LogP contribution in [0.2, 0.25) is 0 Å². The van der Waals surface area contributed by atoms with Crippen LogP contribution in [0.25, 0.3) is 0 Å². The smallest absolute Gasteiger partial charge is 0.0581 e. The lowest BCUT2D eigenvalue weighted by Crippen LogP contribution is -2.32. The molecule has 0 aliphatic carbocycles. The van der Waals surface area contributed by atoms with Crippen LogP contribution in [0.1, 0.15) is 31.2 Å². The summed E-state index contributed by atoms with van der Waals surface area (Å²) in [6.07, 6.45) is 3.93. The van der Waals surface area contributed by atoms with Crippen molar-refractivity contribution >= 4 is 0 Å². The van der Waals surface area contributed by atoms with Crippen LogP contribution in [0.4, 0.5) is 0 Å². The quantitative estimate of drug-likeness (QED) is 0.853. The lowest BCUT2D eigenvalue weighted by molar-refractivity contribution is 0.0870. The number of likely N-dealkylation sites (tertiary alicyclic amines) is 1. The number of nitrogens with zero attached hydrogens (tertiary/aromatic N) is 1. The molecule has 1 aliphatic heterocycles. The third-order valence-electron chi connectivity index (χ3n) is 4.04. The Morgan fingerprint density at radius 1 is 1.26 bits per heavy atom. The van der Waals surface area contributed by atoms with Gasteiger partial charge in [-0.3, -0.25) is 4.90 Å². The van der Waals surface area contributed by atoms with Gasteiger partial charge in [0.15, 0.2) is 0 Å². The number of rotatable bonds is 5. The van der Waals surface area contributed by atoms with Gasteiger partial charge in [-0.15, -0.1) is 0 Å². The topological polar surface area (TPSA) is 49.5 Å². The molecule has 1 fully saturated rings. The van der Waals surface area contributed by atoms with E-state index in [4.69, 9.17) is 5.73 Å². The molecule has 19 heavy (non-hydrogen) atoms. The molecule has 2 rings (SSSR count). The Kier molecular flexibility index (Phi) is 5.83. The van der Waals surface area contributed by atoms with E-state index in [2.05, 4.69) is 35.2 Å². The molecule has 0 bridgehead atoms. The van der Waals surface area contributed by atoms with Gasteiger partial charge in [0.2, 0.25) is 0 Å². The second kappa shape index (κ2) is 7.63. The number of nitrogens with two attached hydrogens (primary N) is 1. The van der Waals surface area contributed by atoms with E-state index in [1.54, 1.807) is 0 Å². The molecule has 106 valence electrons. The minimum atomic E-state index is -0.146. The van der Waals surface area contributed by atoms with E-state index in [1.165, 1.54) is 5.56 Å². The molecule has 0 saturated carbocycles. The van der Waals surface area contributed by atoms with Crippen molar-refractivity contribution in [3.05, 3.63) is 35.9 Å². The SMILES string of the molecule is NCCCC1CN(Cc2ccccc2)CCCC1O. The predicted octanol–water partition coefficient (Wildman–Crippen LogP) is 2.00. The van der Waals surface area contributed by atoms with Crippen LogP contribution in [0.15, 0.2) is 30.3 Å². The van der Waals surface area contributed by atoms with E-state index in [9.17, 15) is 5.11 Å². The third kappa shape index (κ3) is 4.60. The highest BCUT2D eigenvalue weighted by atomic mass is 16.3. The maximum absolute atomic E-state index is 10.2. The molecular weight excluding hydrogens is 236 g/mol. The minimum Gasteiger partial charge on any atom is -0.393 e. The standard InChI is InChI=1S/C16H26N2O/c17-10-4-8-15-13-18(11-5-9-16(15)19)12-14-6-2-1-3-7-14/h1-3,6-7,15-16,19H,4-5,8-13,17H2. The highest BCUT2D eigenvalue weighted by molar-refractivity contribution is 5.14. The van der Waals surface area contributed by atoms with Crippen LogP contribution in [-0.2, 0) is 6.54 Å². The van der Waals surface area contributed by atoms with Gasteiger partial charge in [-0.25, -0.2) is 0 Å². The van der Waals surface area contributed by atoms with Gasteiger partial charge in [0, 0.05) is 13.1 Å². The van der Waals surface area contributed by atoms with Gasteiger partial charge in [0.1, 0.15) is 0 Å². The summed E-state index contributed by atoms with van der Waals surface area (Å²) in [7, 11) is 0. The van der Waals surface area contributed by atoms with Gasteiger partial charge >= 0.3 is 0 Å². The van der Waals surface area contributed by atoms with Crippen molar-refractivity contribution in [2.24, 2.45) is 11.7 Å². The fraction of sp³-hybridized carbons (Fsp3) is 0.625. The van der Waals surface area contributed by atoms with Crippen molar-refractivity contribution in [3.63, 3.8) is 0 Å². The van der Waals surface area contributed by atoms with Gasteiger partial charge in [-0.1, -0.05) is 30.3 Å². The summed E-state index contributed by atoms with van der Waals surface area (Å²) in [6.45, 7) is 3.80. The van der Waals surface area contributed by atoms with Crippen molar-refractivity contribution in [1.82, 2.24) is 4.90 Å². The number of benzene rings is 1. The third-order valence-corrected chi connectivity index (χ3v) is 4.04. The molecule has 2 atom stereocenters. The first kappa shape index (κ1) is 14.5. The van der Waals surface area contributed by atoms with E-state index >= 15 is 0 Å². The summed E-state index contributed by atoms with van der Waals surface area (Å²) in [6, 6.07) is 10.6. The van der Waals surface area contributed by atoms with Gasteiger partial charge in [-0.05, 0) is 50.3 Å². The molecule has 1 aromatic rings. The molecule has 0 aromatic heterocycles. The van der Waals surface area contributed by atoms with E-state index in [1.807, 2.05) is 0 Å². The molecule has 1 aromatic carbocycles. The fourth-order valence-electron chi connectivity index (χ4n) is 2.95. The summed E-state index contributed by atoms with van der Waals surface area (Å²) in [5.74, 6) is 0.384. The Morgan fingerprint density at radius 2 is 2.05 bits per heavy atom. The zero-order chi connectivity index (χ0) is 13.5. The Hall–Kier alpha value is -0.900. The Bertz CT molecular complexity index is 355. The Balaban J connectivity index is 1.93. The van der Waals surface area contributed by atoms with Crippen LogP contribution < -0.4 is 5.73 Å². The maximum atomic E-state index is 10.2. The summed E-state index contributed by atoms with van der Waals surface area (Å²) in [4.78, 5) is 2.48. The van der Waals surface area contributed by atoms with E-state index in [0.717, 1.165) is 51.9 Å². The van der Waals surface area contributed by atoms with Crippen LogP contribution >= 0.6 is 0 Å². The molecule has 1 saturated heterocycles. The molecule has 1 aliphatic rings. The van der Waals surface area contributed by atoms with E-state index in [-0.39, 0.29) is 6.10 Å².